The van der Waals surface area contributed by atoms with E-state index in [2.05, 4.69) is 25.8 Å². The van der Waals surface area contributed by atoms with Crippen molar-refractivity contribution in [2.45, 2.75) is 58.7 Å². The molecule has 0 aromatic carbocycles. The van der Waals surface area contributed by atoms with Gasteiger partial charge >= 0.3 is 0 Å². The van der Waals surface area contributed by atoms with E-state index >= 15 is 0 Å². The SMILES string of the molecule is COC.Cc1cc(C(=O)N[C@@H](C)C(=O)NCC(=O)N[C@@H](CC(C)C)C(=O)[C@@]2(C)CO2)no1. The smallest absolute Gasteiger partial charge is 0.274 e. The van der Waals surface area contributed by atoms with E-state index in [9.17, 15) is 19.2 Å². The first-order valence-corrected chi connectivity index (χ1v) is 10.3. The summed E-state index contributed by atoms with van der Waals surface area (Å²) in [7, 11) is 3.25. The van der Waals surface area contributed by atoms with Crippen molar-refractivity contribution >= 4 is 23.5 Å². The molecule has 0 bridgehead atoms. The highest BCUT2D eigenvalue weighted by molar-refractivity contribution is 5.98. The molecular weight excluding hydrogens is 420 g/mol. The summed E-state index contributed by atoms with van der Waals surface area (Å²) in [5.74, 6) is -1.11. The minimum Gasteiger partial charge on any atom is -0.388 e. The van der Waals surface area contributed by atoms with E-state index in [1.807, 2.05) is 13.8 Å². The van der Waals surface area contributed by atoms with Gasteiger partial charge < -0.3 is 29.9 Å². The highest BCUT2D eigenvalue weighted by Crippen LogP contribution is 2.29. The van der Waals surface area contributed by atoms with Crippen LogP contribution in [0.3, 0.4) is 0 Å². The average Bonchev–Trinajstić information content (AvgIpc) is 3.31. The maximum absolute atomic E-state index is 12.5. The van der Waals surface area contributed by atoms with Crippen LogP contribution in [-0.2, 0) is 23.9 Å². The molecule has 1 saturated heterocycles. The number of nitrogens with zero attached hydrogens (tertiary/aromatic N) is 1. The highest BCUT2D eigenvalue weighted by atomic mass is 16.6. The van der Waals surface area contributed by atoms with E-state index in [-0.39, 0.29) is 23.9 Å². The average molecular weight is 455 g/mol. The Balaban J connectivity index is 0.00000161. The Labute approximate surface area is 187 Å². The topological polar surface area (TPSA) is 152 Å². The Hall–Kier alpha value is -2.79. The van der Waals surface area contributed by atoms with Gasteiger partial charge in [0.1, 0.15) is 17.4 Å². The molecule has 0 aliphatic carbocycles. The lowest BCUT2D eigenvalue weighted by molar-refractivity contribution is -0.131. The van der Waals surface area contributed by atoms with Crippen molar-refractivity contribution < 1.29 is 33.2 Å². The summed E-state index contributed by atoms with van der Waals surface area (Å²) in [4.78, 5) is 48.9. The van der Waals surface area contributed by atoms with Gasteiger partial charge in [-0.2, -0.15) is 0 Å². The fourth-order valence-electron chi connectivity index (χ4n) is 2.70. The summed E-state index contributed by atoms with van der Waals surface area (Å²) >= 11 is 0. The van der Waals surface area contributed by atoms with Gasteiger partial charge in [-0.3, -0.25) is 19.2 Å². The third kappa shape index (κ3) is 8.75. The fourth-order valence-corrected chi connectivity index (χ4v) is 2.70. The Kier molecular flexibility index (Phi) is 10.5. The lowest BCUT2D eigenvalue weighted by Crippen LogP contribution is -2.51. The molecule has 3 atom stereocenters. The standard InChI is InChI=1S/C19H28N4O6.C2H6O/c1-10(2)6-13(16(25)19(5)9-28-19)22-15(24)8-20-17(26)12(4)21-18(27)14-7-11(3)29-23-14;1-3-2/h7,10,12-13H,6,8-9H2,1-5H3,(H,20,26)(H,21,27)(H,22,24);1-2H3/t12-,13-,19+;/m0./s1. The number of aryl methyl sites for hydroxylation is 1. The summed E-state index contributed by atoms with van der Waals surface area (Å²) in [6, 6.07) is -0.123. The molecule has 3 amide bonds. The second-order valence-corrected chi connectivity index (χ2v) is 8.28. The van der Waals surface area contributed by atoms with Crippen LogP contribution in [0.2, 0.25) is 0 Å². The Bertz CT molecular complexity index is 802. The van der Waals surface area contributed by atoms with Crippen LogP contribution in [0.25, 0.3) is 0 Å². The number of carbonyl (C=O) groups excluding carboxylic acids is 4. The van der Waals surface area contributed by atoms with Crippen molar-refractivity contribution in [3.63, 3.8) is 0 Å². The van der Waals surface area contributed by atoms with Crippen molar-refractivity contribution in [2.24, 2.45) is 5.92 Å². The summed E-state index contributed by atoms with van der Waals surface area (Å²) in [5.41, 5.74) is -0.778. The van der Waals surface area contributed by atoms with Crippen LogP contribution in [0.1, 0.15) is 50.4 Å². The third-order valence-electron chi connectivity index (χ3n) is 4.48. The zero-order valence-corrected chi connectivity index (χ0v) is 19.7. The van der Waals surface area contributed by atoms with E-state index in [1.54, 1.807) is 28.1 Å². The number of rotatable bonds is 10. The summed E-state index contributed by atoms with van der Waals surface area (Å²) < 4.78 is 14.3. The number of nitrogens with one attached hydrogen (secondary N) is 3. The Morgan fingerprint density at radius 1 is 1.19 bits per heavy atom. The number of carbonyl (C=O) groups is 4. The van der Waals surface area contributed by atoms with Gasteiger partial charge in [0.25, 0.3) is 5.91 Å². The summed E-state index contributed by atoms with van der Waals surface area (Å²) in [6.07, 6.45) is 0.473. The van der Waals surface area contributed by atoms with Crippen molar-refractivity contribution in [1.29, 1.82) is 0 Å². The molecule has 0 radical (unpaired) electrons. The molecule has 0 unspecified atom stereocenters. The Morgan fingerprint density at radius 3 is 2.25 bits per heavy atom. The van der Waals surface area contributed by atoms with E-state index in [1.165, 1.54) is 13.0 Å². The summed E-state index contributed by atoms with van der Waals surface area (Å²) in [5, 5.41) is 11.2. The molecule has 1 aliphatic rings. The molecular formula is C21H34N4O7. The molecule has 11 nitrogen and oxygen atoms in total. The van der Waals surface area contributed by atoms with E-state index < -0.39 is 35.4 Å². The summed E-state index contributed by atoms with van der Waals surface area (Å²) in [6.45, 7) is 8.74. The van der Waals surface area contributed by atoms with Crippen molar-refractivity contribution in [2.75, 3.05) is 27.4 Å². The molecule has 0 saturated carbocycles. The molecule has 32 heavy (non-hydrogen) atoms. The lowest BCUT2D eigenvalue weighted by atomic mass is 9.93. The molecule has 1 aromatic heterocycles. The minimum atomic E-state index is -0.890. The molecule has 2 heterocycles. The first-order chi connectivity index (χ1) is 14.9. The van der Waals surface area contributed by atoms with Gasteiger partial charge in [-0.25, -0.2) is 0 Å². The van der Waals surface area contributed by atoms with Crippen LogP contribution < -0.4 is 16.0 Å². The number of aromatic nitrogens is 1. The van der Waals surface area contributed by atoms with Crippen LogP contribution in [0, 0.1) is 12.8 Å². The molecule has 1 fully saturated rings. The molecule has 1 aromatic rings. The van der Waals surface area contributed by atoms with Crippen LogP contribution in [0.4, 0.5) is 0 Å². The third-order valence-corrected chi connectivity index (χ3v) is 4.48. The number of hydrogen-bond donors (Lipinski definition) is 3. The van der Waals surface area contributed by atoms with Crippen LogP contribution in [-0.4, -0.2) is 73.7 Å². The number of Topliss-reactive ketones (excluding diaryl/α,β-unsaturated/α-hetero) is 1. The maximum Gasteiger partial charge on any atom is 0.274 e. The van der Waals surface area contributed by atoms with Gasteiger partial charge in [0.2, 0.25) is 11.8 Å². The van der Waals surface area contributed by atoms with Gasteiger partial charge in [0.15, 0.2) is 11.5 Å². The molecule has 11 heteroatoms. The number of methoxy groups -OCH3 is 1. The quantitative estimate of drug-likeness (QED) is 0.429. The highest BCUT2D eigenvalue weighted by Gasteiger charge is 2.50. The molecule has 2 rings (SSSR count). The van der Waals surface area contributed by atoms with E-state index in [0.717, 1.165) is 0 Å². The number of ether oxygens (including phenoxy) is 2. The van der Waals surface area contributed by atoms with Crippen molar-refractivity contribution in [3.05, 3.63) is 17.5 Å². The molecule has 1 aliphatic heterocycles. The van der Waals surface area contributed by atoms with Gasteiger partial charge in [0, 0.05) is 20.3 Å². The van der Waals surface area contributed by atoms with E-state index in [0.29, 0.717) is 18.8 Å². The normalized spacial score (nSPS) is 18.6. The predicted octanol–water partition coefficient (Wildman–Crippen LogP) is 0.369. The second-order valence-electron chi connectivity index (χ2n) is 8.28. The molecule has 180 valence electrons. The van der Waals surface area contributed by atoms with Crippen molar-refractivity contribution in [3.8, 4) is 0 Å². The maximum atomic E-state index is 12.5. The molecule has 0 spiro atoms. The number of epoxide rings is 1. The predicted molar refractivity (Wildman–Crippen MR) is 115 cm³/mol. The number of ketones is 1. The fraction of sp³-hybridized carbons (Fsp3) is 0.667. The van der Waals surface area contributed by atoms with Crippen molar-refractivity contribution in [1.82, 2.24) is 21.1 Å². The minimum absolute atomic E-state index is 0.0609. The second kappa shape index (κ2) is 12.3. The monoisotopic (exact) mass is 454 g/mol. The zero-order chi connectivity index (χ0) is 24.5. The van der Waals surface area contributed by atoms with Gasteiger partial charge in [-0.15, -0.1) is 0 Å². The van der Waals surface area contributed by atoms with Crippen LogP contribution >= 0.6 is 0 Å². The Morgan fingerprint density at radius 2 is 1.78 bits per heavy atom. The first kappa shape index (κ1) is 27.2. The number of hydrogen-bond acceptors (Lipinski definition) is 8. The largest absolute Gasteiger partial charge is 0.388 e. The van der Waals surface area contributed by atoms with E-state index in [4.69, 9.17) is 9.26 Å². The van der Waals surface area contributed by atoms with Crippen LogP contribution in [0.15, 0.2) is 10.6 Å². The first-order valence-electron chi connectivity index (χ1n) is 10.3. The number of amides is 3. The lowest BCUT2D eigenvalue weighted by Gasteiger charge is -2.21. The van der Waals surface area contributed by atoms with Gasteiger partial charge in [-0.05, 0) is 33.1 Å². The van der Waals surface area contributed by atoms with Gasteiger partial charge in [0.05, 0.1) is 19.2 Å². The molecule has 3 N–H and O–H groups in total. The van der Waals surface area contributed by atoms with Gasteiger partial charge in [-0.1, -0.05) is 19.0 Å². The van der Waals surface area contributed by atoms with Crippen LogP contribution in [0.5, 0.6) is 0 Å². The zero-order valence-electron chi connectivity index (χ0n) is 19.7.